The lowest BCUT2D eigenvalue weighted by molar-refractivity contribution is -0.131. The molecule has 126 valence electrons. The monoisotopic (exact) mass is 341 g/mol. The third-order valence-electron chi connectivity index (χ3n) is 4.17. The Hall–Kier alpha value is -3.66. The fourth-order valence-corrected chi connectivity index (χ4v) is 2.88. The minimum atomic E-state index is -0.980. The van der Waals surface area contributed by atoms with Crippen molar-refractivity contribution in [2.45, 2.75) is 0 Å². The van der Waals surface area contributed by atoms with Gasteiger partial charge in [-0.25, -0.2) is 4.79 Å². The van der Waals surface area contributed by atoms with Gasteiger partial charge in [-0.15, -0.1) is 0 Å². The second kappa shape index (κ2) is 6.69. The Balaban J connectivity index is 1.72. The van der Waals surface area contributed by atoms with Crippen LogP contribution in [-0.4, -0.2) is 16.2 Å². The fraction of sp³-hybridized carbons (Fsp3) is 0. The number of aliphatic carboxylic acids is 1. The Morgan fingerprint density at radius 2 is 1.58 bits per heavy atom. The topological polar surface area (TPSA) is 63.3 Å². The first-order chi connectivity index (χ1) is 12.7. The third-order valence-corrected chi connectivity index (χ3v) is 4.17. The van der Waals surface area contributed by atoms with E-state index in [0.29, 0.717) is 5.76 Å². The molecule has 0 bridgehead atoms. The smallest absolute Gasteiger partial charge is 0.328 e. The van der Waals surface area contributed by atoms with Gasteiger partial charge in [-0.1, -0.05) is 65.8 Å². The second-order valence-electron chi connectivity index (χ2n) is 5.90. The van der Waals surface area contributed by atoms with E-state index < -0.39 is 5.97 Å². The summed E-state index contributed by atoms with van der Waals surface area (Å²) in [6, 6.07) is 23.8. The average Bonchev–Trinajstić information content (AvgIpc) is 3.10. The van der Waals surface area contributed by atoms with E-state index in [1.165, 1.54) is 0 Å². The molecule has 0 aliphatic rings. The quantitative estimate of drug-likeness (QED) is 0.514. The van der Waals surface area contributed by atoms with Gasteiger partial charge in [-0.2, -0.15) is 0 Å². The highest BCUT2D eigenvalue weighted by Crippen LogP contribution is 2.31. The summed E-state index contributed by atoms with van der Waals surface area (Å²) in [6.45, 7) is 0. The molecule has 0 aliphatic heterocycles. The molecular formula is C22H15NO3. The molecule has 1 N–H and O–H groups in total. The van der Waals surface area contributed by atoms with Crippen molar-refractivity contribution >= 4 is 22.9 Å². The molecule has 0 saturated carbocycles. The van der Waals surface area contributed by atoms with Crippen molar-refractivity contribution in [1.82, 2.24) is 5.16 Å². The lowest BCUT2D eigenvalue weighted by Gasteiger charge is -2.03. The molecule has 0 unspecified atom stereocenters. The predicted octanol–water partition coefficient (Wildman–Crippen LogP) is 5.26. The lowest BCUT2D eigenvalue weighted by Crippen LogP contribution is -1.85. The highest BCUT2D eigenvalue weighted by Gasteiger charge is 2.11. The number of rotatable bonds is 4. The van der Waals surface area contributed by atoms with Crippen LogP contribution < -0.4 is 0 Å². The van der Waals surface area contributed by atoms with Crippen molar-refractivity contribution in [2.75, 3.05) is 0 Å². The van der Waals surface area contributed by atoms with Gasteiger partial charge in [0.1, 0.15) is 5.52 Å². The van der Waals surface area contributed by atoms with Crippen molar-refractivity contribution in [3.05, 3.63) is 84.4 Å². The van der Waals surface area contributed by atoms with Crippen LogP contribution in [0.15, 0.2) is 83.4 Å². The van der Waals surface area contributed by atoms with E-state index in [0.717, 1.165) is 39.2 Å². The predicted molar refractivity (Wildman–Crippen MR) is 102 cm³/mol. The van der Waals surface area contributed by atoms with Crippen LogP contribution in [0, 0.1) is 0 Å². The van der Waals surface area contributed by atoms with Gasteiger partial charge in [0.2, 0.25) is 0 Å². The summed E-state index contributed by atoms with van der Waals surface area (Å²) < 4.78 is 5.54. The summed E-state index contributed by atoms with van der Waals surface area (Å²) in [7, 11) is 0. The van der Waals surface area contributed by atoms with Crippen LogP contribution in [0.25, 0.3) is 39.4 Å². The molecule has 1 aromatic heterocycles. The molecule has 0 saturated heterocycles. The summed E-state index contributed by atoms with van der Waals surface area (Å²) in [5, 5.41) is 13.7. The van der Waals surface area contributed by atoms with Crippen molar-refractivity contribution in [1.29, 1.82) is 0 Å². The minimum Gasteiger partial charge on any atom is -0.478 e. The fourth-order valence-electron chi connectivity index (χ4n) is 2.88. The zero-order valence-corrected chi connectivity index (χ0v) is 13.8. The van der Waals surface area contributed by atoms with E-state index in [1.54, 1.807) is 6.08 Å². The van der Waals surface area contributed by atoms with Crippen molar-refractivity contribution in [2.24, 2.45) is 0 Å². The van der Waals surface area contributed by atoms with Gasteiger partial charge in [-0.05, 0) is 34.9 Å². The third kappa shape index (κ3) is 3.13. The number of fused-ring (bicyclic) bond motifs is 1. The maximum Gasteiger partial charge on any atom is 0.328 e. The van der Waals surface area contributed by atoms with Crippen molar-refractivity contribution < 1.29 is 14.4 Å². The standard InChI is InChI=1S/C22H15NO3/c24-21(25)13-7-15-6-12-20-19(14-15)22(26-23-20)18-10-8-17(9-11-18)16-4-2-1-3-5-16/h1-14H,(H,24,25)/b13-7+. The number of carboxylic acid groups (broad SMARTS) is 1. The summed E-state index contributed by atoms with van der Waals surface area (Å²) in [5.74, 6) is -0.308. The number of benzene rings is 3. The number of carboxylic acids is 1. The SMILES string of the molecule is O=C(O)/C=C/c1ccc2noc(-c3ccc(-c4ccccc4)cc3)c2c1. The van der Waals surface area contributed by atoms with E-state index in [9.17, 15) is 4.79 Å². The molecule has 4 rings (SSSR count). The van der Waals surface area contributed by atoms with E-state index >= 15 is 0 Å². The van der Waals surface area contributed by atoms with Crippen molar-refractivity contribution in [3.8, 4) is 22.5 Å². The number of carbonyl (C=O) groups is 1. The second-order valence-corrected chi connectivity index (χ2v) is 5.90. The number of hydrogen-bond donors (Lipinski definition) is 1. The molecule has 0 amide bonds. The zero-order chi connectivity index (χ0) is 17.9. The van der Waals surface area contributed by atoms with Crippen LogP contribution in [0.1, 0.15) is 5.56 Å². The van der Waals surface area contributed by atoms with Crippen molar-refractivity contribution in [3.63, 3.8) is 0 Å². The Labute approximate surface area is 150 Å². The van der Waals surface area contributed by atoms with Crippen LogP contribution in [-0.2, 0) is 4.79 Å². The molecule has 4 aromatic rings. The van der Waals surface area contributed by atoms with Crippen LogP contribution in [0.4, 0.5) is 0 Å². The van der Waals surface area contributed by atoms with Gasteiger partial charge in [0.15, 0.2) is 5.76 Å². The maximum absolute atomic E-state index is 10.7. The van der Waals surface area contributed by atoms with Gasteiger partial charge >= 0.3 is 5.97 Å². The van der Waals surface area contributed by atoms with Crippen LogP contribution in [0.3, 0.4) is 0 Å². The van der Waals surface area contributed by atoms with E-state index in [1.807, 2.05) is 60.7 Å². The average molecular weight is 341 g/mol. The van der Waals surface area contributed by atoms with Crippen LogP contribution >= 0.6 is 0 Å². The molecule has 4 heteroatoms. The summed E-state index contributed by atoms with van der Waals surface area (Å²) >= 11 is 0. The first-order valence-corrected chi connectivity index (χ1v) is 8.17. The molecule has 0 radical (unpaired) electrons. The van der Waals surface area contributed by atoms with Crippen LogP contribution in [0.5, 0.6) is 0 Å². The molecule has 4 nitrogen and oxygen atoms in total. The largest absolute Gasteiger partial charge is 0.478 e. The van der Waals surface area contributed by atoms with Gasteiger partial charge in [0.25, 0.3) is 0 Å². The van der Waals surface area contributed by atoms with E-state index in [2.05, 4.69) is 17.3 Å². The number of aromatic nitrogens is 1. The summed E-state index contributed by atoms with van der Waals surface area (Å²) in [5.41, 5.74) is 4.72. The molecule has 3 aromatic carbocycles. The zero-order valence-electron chi connectivity index (χ0n) is 13.8. The Bertz CT molecular complexity index is 1090. The number of nitrogens with zero attached hydrogens (tertiary/aromatic N) is 1. The highest BCUT2D eigenvalue weighted by molar-refractivity contribution is 5.94. The number of hydrogen-bond acceptors (Lipinski definition) is 3. The summed E-state index contributed by atoms with van der Waals surface area (Å²) in [6.07, 6.45) is 2.67. The lowest BCUT2D eigenvalue weighted by atomic mass is 10.0. The molecule has 0 spiro atoms. The molecule has 0 fully saturated rings. The first kappa shape index (κ1) is 15.8. The minimum absolute atomic E-state index is 0.671. The highest BCUT2D eigenvalue weighted by atomic mass is 16.5. The normalized spacial score (nSPS) is 11.2. The molecular weight excluding hydrogens is 326 g/mol. The molecule has 26 heavy (non-hydrogen) atoms. The van der Waals surface area contributed by atoms with E-state index in [-0.39, 0.29) is 0 Å². The van der Waals surface area contributed by atoms with E-state index in [4.69, 9.17) is 9.63 Å². The van der Waals surface area contributed by atoms with Gasteiger partial charge in [0.05, 0.1) is 5.39 Å². The van der Waals surface area contributed by atoms with Gasteiger partial charge < -0.3 is 9.63 Å². The van der Waals surface area contributed by atoms with Gasteiger partial charge in [-0.3, -0.25) is 0 Å². The molecule has 0 atom stereocenters. The first-order valence-electron chi connectivity index (χ1n) is 8.17. The van der Waals surface area contributed by atoms with Gasteiger partial charge in [0, 0.05) is 11.6 Å². The maximum atomic E-state index is 10.7. The van der Waals surface area contributed by atoms with Crippen LogP contribution in [0.2, 0.25) is 0 Å². The Kier molecular flexibility index (Phi) is 4.07. The molecule has 0 aliphatic carbocycles. The molecule has 1 heterocycles. The summed E-state index contributed by atoms with van der Waals surface area (Å²) in [4.78, 5) is 10.7. The Morgan fingerprint density at radius 3 is 2.31 bits per heavy atom. The Morgan fingerprint density at radius 1 is 0.885 bits per heavy atom.